The second kappa shape index (κ2) is 9.16. The molecule has 1 saturated heterocycles. The number of anilines is 1. The minimum absolute atomic E-state index is 0.0222. The van der Waals surface area contributed by atoms with Crippen LogP contribution in [0.4, 0.5) is 5.69 Å². The van der Waals surface area contributed by atoms with E-state index in [4.69, 9.17) is 27.7 Å². The zero-order valence-electron chi connectivity index (χ0n) is 16.6. The summed E-state index contributed by atoms with van der Waals surface area (Å²) in [6.07, 6.45) is 1.56. The number of rotatable bonds is 5. The minimum Gasteiger partial charge on any atom is -0.338 e. The van der Waals surface area contributed by atoms with Gasteiger partial charge in [-0.15, -0.1) is 0 Å². The van der Waals surface area contributed by atoms with Crippen molar-refractivity contribution in [2.45, 2.75) is 26.3 Å². The van der Waals surface area contributed by atoms with Crippen molar-refractivity contribution in [1.82, 2.24) is 15.0 Å². The standard InChI is InChI=1S/C22H22Cl2N4O2/c1-14-5-6-18(12-19(14)24)25-22(29)15-7-9-28(10-8-15)13-20-26-21(27-30-20)16-3-2-4-17(23)11-16/h2-6,11-12,15H,7-10,13H2,1H3,(H,25,29). The van der Waals surface area contributed by atoms with Crippen molar-refractivity contribution in [2.75, 3.05) is 18.4 Å². The maximum atomic E-state index is 12.6. The summed E-state index contributed by atoms with van der Waals surface area (Å²) < 4.78 is 5.40. The highest BCUT2D eigenvalue weighted by atomic mass is 35.5. The van der Waals surface area contributed by atoms with Gasteiger partial charge in [0.05, 0.1) is 6.54 Å². The fourth-order valence-corrected chi connectivity index (χ4v) is 3.89. The van der Waals surface area contributed by atoms with Crippen molar-refractivity contribution in [1.29, 1.82) is 0 Å². The summed E-state index contributed by atoms with van der Waals surface area (Å²) in [6, 6.07) is 12.9. The average molecular weight is 445 g/mol. The summed E-state index contributed by atoms with van der Waals surface area (Å²) in [5, 5.41) is 8.31. The smallest absolute Gasteiger partial charge is 0.241 e. The number of hydrogen-bond donors (Lipinski definition) is 1. The quantitative estimate of drug-likeness (QED) is 0.585. The minimum atomic E-state index is -0.0222. The number of benzene rings is 2. The molecular weight excluding hydrogens is 423 g/mol. The van der Waals surface area contributed by atoms with E-state index < -0.39 is 0 Å². The van der Waals surface area contributed by atoms with Gasteiger partial charge < -0.3 is 9.84 Å². The molecule has 1 N–H and O–H groups in total. The van der Waals surface area contributed by atoms with Gasteiger partial charge >= 0.3 is 0 Å². The highest BCUT2D eigenvalue weighted by Crippen LogP contribution is 2.24. The molecule has 0 aliphatic carbocycles. The van der Waals surface area contributed by atoms with Crippen LogP contribution < -0.4 is 5.32 Å². The third-order valence-corrected chi connectivity index (χ3v) is 5.95. The molecule has 0 spiro atoms. The Bertz CT molecular complexity index is 1050. The fraction of sp³-hybridized carbons (Fsp3) is 0.318. The van der Waals surface area contributed by atoms with Crippen molar-refractivity contribution in [3.8, 4) is 11.4 Å². The highest BCUT2D eigenvalue weighted by Gasteiger charge is 2.26. The summed E-state index contributed by atoms with van der Waals surface area (Å²) in [6.45, 7) is 4.09. The maximum Gasteiger partial charge on any atom is 0.241 e. The third-order valence-electron chi connectivity index (χ3n) is 5.31. The van der Waals surface area contributed by atoms with E-state index in [0.29, 0.717) is 28.3 Å². The lowest BCUT2D eigenvalue weighted by molar-refractivity contribution is -0.121. The molecule has 2 heterocycles. The second-order valence-corrected chi connectivity index (χ2v) is 8.37. The Morgan fingerprint density at radius 1 is 1.20 bits per heavy atom. The molecule has 6 nitrogen and oxygen atoms in total. The molecule has 1 aromatic heterocycles. The molecule has 0 radical (unpaired) electrons. The number of likely N-dealkylation sites (tertiary alicyclic amines) is 1. The molecule has 2 aromatic carbocycles. The third kappa shape index (κ3) is 5.01. The van der Waals surface area contributed by atoms with Crippen LogP contribution in [-0.2, 0) is 11.3 Å². The van der Waals surface area contributed by atoms with Gasteiger partial charge in [0.25, 0.3) is 0 Å². The zero-order valence-corrected chi connectivity index (χ0v) is 18.1. The van der Waals surface area contributed by atoms with Crippen LogP contribution in [-0.4, -0.2) is 34.0 Å². The summed E-state index contributed by atoms with van der Waals surface area (Å²) in [5.41, 5.74) is 2.55. The van der Waals surface area contributed by atoms with Crippen molar-refractivity contribution in [3.05, 3.63) is 64.0 Å². The Balaban J connectivity index is 1.29. The number of piperidine rings is 1. The Morgan fingerprint density at radius 2 is 2.00 bits per heavy atom. The van der Waals surface area contributed by atoms with Gasteiger partial charge in [-0.1, -0.05) is 46.6 Å². The van der Waals surface area contributed by atoms with Crippen LogP contribution in [0.3, 0.4) is 0 Å². The van der Waals surface area contributed by atoms with E-state index in [1.165, 1.54) is 0 Å². The normalized spacial score (nSPS) is 15.3. The summed E-state index contributed by atoms with van der Waals surface area (Å²) in [7, 11) is 0. The first-order valence-electron chi connectivity index (χ1n) is 9.86. The number of nitrogens with zero attached hydrogens (tertiary/aromatic N) is 3. The Labute approximate surface area is 185 Å². The van der Waals surface area contributed by atoms with Gasteiger partial charge in [0.1, 0.15) is 0 Å². The molecular formula is C22H22Cl2N4O2. The van der Waals surface area contributed by atoms with Crippen LogP contribution in [0.1, 0.15) is 24.3 Å². The lowest BCUT2D eigenvalue weighted by Gasteiger charge is -2.30. The Hall–Kier alpha value is -2.41. The second-order valence-electron chi connectivity index (χ2n) is 7.53. The maximum absolute atomic E-state index is 12.6. The summed E-state index contributed by atoms with van der Waals surface area (Å²) in [5.74, 6) is 1.10. The van der Waals surface area contributed by atoms with E-state index in [-0.39, 0.29) is 11.8 Å². The van der Waals surface area contributed by atoms with Gasteiger partial charge in [0, 0.05) is 27.2 Å². The van der Waals surface area contributed by atoms with E-state index in [1.807, 2.05) is 37.3 Å². The van der Waals surface area contributed by atoms with Crippen LogP contribution in [0, 0.1) is 12.8 Å². The predicted octanol–water partition coefficient (Wildman–Crippen LogP) is 5.20. The topological polar surface area (TPSA) is 71.3 Å². The number of carbonyl (C=O) groups excluding carboxylic acids is 1. The largest absolute Gasteiger partial charge is 0.338 e. The van der Waals surface area contributed by atoms with E-state index >= 15 is 0 Å². The molecule has 1 fully saturated rings. The van der Waals surface area contributed by atoms with Crippen LogP contribution in [0.15, 0.2) is 47.0 Å². The number of amides is 1. The van der Waals surface area contributed by atoms with Gasteiger partial charge in [-0.2, -0.15) is 4.98 Å². The average Bonchev–Trinajstić information content (AvgIpc) is 3.20. The zero-order chi connectivity index (χ0) is 21.1. The monoisotopic (exact) mass is 444 g/mol. The van der Waals surface area contributed by atoms with Gasteiger partial charge in [0.15, 0.2) is 0 Å². The van der Waals surface area contributed by atoms with Crippen LogP contribution in [0.5, 0.6) is 0 Å². The van der Waals surface area contributed by atoms with E-state index in [9.17, 15) is 4.79 Å². The molecule has 156 valence electrons. The van der Waals surface area contributed by atoms with Crippen LogP contribution >= 0.6 is 23.2 Å². The fourth-order valence-electron chi connectivity index (χ4n) is 3.52. The molecule has 30 heavy (non-hydrogen) atoms. The predicted molar refractivity (Wildman–Crippen MR) is 118 cm³/mol. The molecule has 0 saturated carbocycles. The number of aromatic nitrogens is 2. The van der Waals surface area contributed by atoms with Gasteiger partial charge in [0.2, 0.25) is 17.6 Å². The molecule has 3 aromatic rings. The molecule has 0 atom stereocenters. The highest BCUT2D eigenvalue weighted by molar-refractivity contribution is 6.31. The van der Waals surface area contributed by atoms with Gasteiger partial charge in [-0.05, 0) is 62.7 Å². The lowest BCUT2D eigenvalue weighted by atomic mass is 9.96. The number of carbonyl (C=O) groups is 1. The molecule has 0 bridgehead atoms. The molecule has 1 aliphatic heterocycles. The molecule has 1 aliphatic rings. The first kappa shape index (κ1) is 20.8. The first-order valence-corrected chi connectivity index (χ1v) is 10.6. The SMILES string of the molecule is Cc1ccc(NC(=O)C2CCN(Cc3nc(-c4cccc(Cl)c4)no3)CC2)cc1Cl. The van der Waals surface area contributed by atoms with Gasteiger partial charge in [-0.3, -0.25) is 9.69 Å². The number of aryl methyl sites for hydroxylation is 1. The first-order chi connectivity index (χ1) is 14.5. The van der Waals surface area contributed by atoms with E-state index in [1.54, 1.807) is 12.1 Å². The molecule has 1 amide bonds. The van der Waals surface area contributed by atoms with Crippen molar-refractivity contribution in [2.24, 2.45) is 5.92 Å². The Morgan fingerprint density at radius 3 is 2.73 bits per heavy atom. The number of nitrogens with one attached hydrogen (secondary N) is 1. The van der Waals surface area contributed by atoms with Crippen LogP contribution in [0.2, 0.25) is 10.0 Å². The molecule has 4 rings (SSSR count). The van der Waals surface area contributed by atoms with Crippen LogP contribution in [0.25, 0.3) is 11.4 Å². The lowest BCUT2D eigenvalue weighted by Crippen LogP contribution is -2.37. The molecule has 8 heteroatoms. The summed E-state index contributed by atoms with van der Waals surface area (Å²) >= 11 is 12.2. The number of hydrogen-bond acceptors (Lipinski definition) is 5. The van der Waals surface area contributed by atoms with Gasteiger partial charge in [-0.25, -0.2) is 0 Å². The van der Waals surface area contributed by atoms with Crippen molar-refractivity contribution in [3.63, 3.8) is 0 Å². The van der Waals surface area contributed by atoms with E-state index in [2.05, 4.69) is 20.4 Å². The number of halogens is 2. The van der Waals surface area contributed by atoms with Crippen molar-refractivity contribution >= 4 is 34.8 Å². The van der Waals surface area contributed by atoms with E-state index in [0.717, 1.165) is 42.7 Å². The molecule has 0 unspecified atom stereocenters. The summed E-state index contributed by atoms with van der Waals surface area (Å²) in [4.78, 5) is 19.3. The Kier molecular flexibility index (Phi) is 6.37. The van der Waals surface area contributed by atoms with Crippen molar-refractivity contribution < 1.29 is 9.32 Å².